The van der Waals surface area contributed by atoms with Crippen LogP contribution in [0.5, 0.6) is 0 Å². The second kappa shape index (κ2) is 6.73. The van der Waals surface area contributed by atoms with E-state index >= 15 is 0 Å². The molecular weight excluding hydrogens is 256 g/mol. The maximum atomic E-state index is 12.3. The average molecular weight is 272 g/mol. The Labute approximate surface area is 117 Å². The maximum absolute atomic E-state index is 12.3. The highest BCUT2D eigenvalue weighted by Gasteiger charge is 2.20. The van der Waals surface area contributed by atoms with E-state index in [2.05, 4.69) is 17.2 Å². The predicted molar refractivity (Wildman–Crippen MR) is 73.9 cm³/mol. The number of nitrogens with zero attached hydrogens (tertiary/aromatic N) is 1. The number of aliphatic hydroxyl groups is 1. The molecule has 5 nitrogen and oxygen atoms in total. The van der Waals surface area contributed by atoms with Crippen LogP contribution in [0.4, 0.5) is 0 Å². The number of carbonyl (C=O) groups excluding carboxylic acids is 2. The number of rotatable bonds is 1. The molecular formula is C15H16N2O3. The molecule has 0 radical (unpaired) electrons. The van der Waals surface area contributed by atoms with Gasteiger partial charge < -0.3 is 15.3 Å². The minimum absolute atomic E-state index is 0.102. The Balaban J connectivity index is 2.10. The first-order valence-electron chi connectivity index (χ1n) is 6.46. The third-order valence-electron chi connectivity index (χ3n) is 2.99. The Hall–Kier alpha value is -2.32. The van der Waals surface area contributed by atoms with Crippen molar-refractivity contribution in [1.29, 1.82) is 0 Å². The molecule has 2 N–H and O–H groups in total. The average Bonchev–Trinajstić information content (AvgIpc) is 2.69. The van der Waals surface area contributed by atoms with Crippen LogP contribution >= 0.6 is 0 Å². The Morgan fingerprint density at radius 2 is 2.10 bits per heavy atom. The number of carbonyl (C=O) groups is 2. The first-order valence-corrected chi connectivity index (χ1v) is 6.46. The lowest BCUT2D eigenvalue weighted by atomic mass is 10.1. The van der Waals surface area contributed by atoms with Gasteiger partial charge in [0, 0.05) is 24.2 Å². The molecule has 1 fully saturated rings. The molecule has 20 heavy (non-hydrogen) atoms. The van der Waals surface area contributed by atoms with Gasteiger partial charge in [-0.3, -0.25) is 9.59 Å². The van der Waals surface area contributed by atoms with Crippen molar-refractivity contribution in [2.75, 3.05) is 26.2 Å². The SMILES string of the molecule is O=C1CN(C(=O)c2ccc(C#CCO)cc2)CCCN1. The van der Waals surface area contributed by atoms with Gasteiger partial charge in [-0.15, -0.1) is 0 Å². The molecule has 1 saturated heterocycles. The lowest BCUT2D eigenvalue weighted by molar-refractivity contribution is -0.121. The highest BCUT2D eigenvalue weighted by atomic mass is 16.2. The summed E-state index contributed by atoms with van der Waals surface area (Å²) in [6, 6.07) is 6.83. The van der Waals surface area contributed by atoms with Crippen molar-refractivity contribution >= 4 is 11.8 Å². The molecule has 1 aliphatic heterocycles. The van der Waals surface area contributed by atoms with E-state index in [0.29, 0.717) is 18.7 Å². The molecule has 2 rings (SSSR count). The van der Waals surface area contributed by atoms with E-state index in [0.717, 1.165) is 12.0 Å². The zero-order chi connectivity index (χ0) is 14.4. The summed E-state index contributed by atoms with van der Waals surface area (Å²) < 4.78 is 0. The van der Waals surface area contributed by atoms with Crippen molar-refractivity contribution in [2.45, 2.75) is 6.42 Å². The van der Waals surface area contributed by atoms with Gasteiger partial charge in [0.25, 0.3) is 5.91 Å². The molecule has 1 heterocycles. The molecule has 2 amide bonds. The maximum Gasteiger partial charge on any atom is 0.254 e. The van der Waals surface area contributed by atoms with Gasteiger partial charge in [0.05, 0.1) is 6.54 Å². The Morgan fingerprint density at radius 1 is 1.35 bits per heavy atom. The minimum Gasteiger partial charge on any atom is -0.384 e. The van der Waals surface area contributed by atoms with Gasteiger partial charge in [0.1, 0.15) is 6.61 Å². The molecule has 0 bridgehead atoms. The molecule has 0 saturated carbocycles. The van der Waals surface area contributed by atoms with E-state index in [-0.39, 0.29) is 25.0 Å². The van der Waals surface area contributed by atoms with Crippen molar-refractivity contribution < 1.29 is 14.7 Å². The lowest BCUT2D eigenvalue weighted by Crippen LogP contribution is -2.37. The minimum atomic E-state index is -0.191. The zero-order valence-electron chi connectivity index (χ0n) is 11.1. The Bertz CT molecular complexity index is 555. The molecule has 1 aromatic rings. The summed E-state index contributed by atoms with van der Waals surface area (Å²) in [6.45, 7) is 1.09. The van der Waals surface area contributed by atoms with Crippen LogP contribution in [0.2, 0.25) is 0 Å². The second-order valence-electron chi connectivity index (χ2n) is 4.47. The number of aliphatic hydroxyl groups excluding tert-OH is 1. The zero-order valence-corrected chi connectivity index (χ0v) is 11.1. The first-order chi connectivity index (χ1) is 9.70. The number of nitrogens with one attached hydrogen (secondary N) is 1. The summed E-state index contributed by atoms with van der Waals surface area (Å²) in [5.74, 6) is 5.04. The molecule has 5 heteroatoms. The summed E-state index contributed by atoms with van der Waals surface area (Å²) in [5, 5.41) is 11.4. The van der Waals surface area contributed by atoms with Gasteiger partial charge in [-0.2, -0.15) is 0 Å². The van der Waals surface area contributed by atoms with Crippen molar-refractivity contribution in [3.63, 3.8) is 0 Å². The summed E-state index contributed by atoms with van der Waals surface area (Å²) >= 11 is 0. The van der Waals surface area contributed by atoms with Crippen molar-refractivity contribution in [3.8, 4) is 11.8 Å². The quantitative estimate of drug-likeness (QED) is 0.707. The summed E-state index contributed by atoms with van der Waals surface area (Å²) in [6.07, 6.45) is 0.761. The molecule has 104 valence electrons. The van der Waals surface area contributed by atoms with Gasteiger partial charge >= 0.3 is 0 Å². The van der Waals surface area contributed by atoms with Crippen LogP contribution < -0.4 is 5.32 Å². The van der Waals surface area contributed by atoms with E-state index in [9.17, 15) is 9.59 Å². The lowest BCUT2D eigenvalue weighted by Gasteiger charge is -2.18. The predicted octanol–water partition coefficient (Wildman–Crippen LogP) is -0.00750. The van der Waals surface area contributed by atoms with Crippen LogP contribution in [0.1, 0.15) is 22.3 Å². The van der Waals surface area contributed by atoms with Gasteiger partial charge in [-0.05, 0) is 30.7 Å². The largest absolute Gasteiger partial charge is 0.384 e. The van der Waals surface area contributed by atoms with Crippen molar-refractivity contribution in [3.05, 3.63) is 35.4 Å². The third kappa shape index (κ3) is 3.59. The number of amides is 2. The van der Waals surface area contributed by atoms with E-state index in [1.807, 2.05) is 0 Å². The van der Waals surface area contributed by atoms with Gasteiger partial charge in [0.15, 0.2) is 0 Å². The fraction of sp³-hybridized carbons (Fsp3) is 0.333. The van der Waals surface area contributed by atoms with Crippen LogP contribution in [-0.2, 0) is 4.79 Å². The smallest absolute Gasteiger partial charge is 0.254 e. The number of benzene rings is 1. The highest BCUT2D eigenvalue weighted by Crippen LogP contribution is 2.09. The van der Waals surface area contributed by atoms with E-state index < -0.39 is 0 Å². The van der Waals surface area contributed by atoms with Crippen LogP contribution in [0.25, 0.3) is 0 Å². The first kappa shape index (κ1) is 14.1. The summed E-state index contributed by atoms with van der Waals surface area (Å²) in [5.41, 5.74) is 1.28. The monoisotopic (exact) mass is 272 g/mol. The molecule has 0 aromatic heterocycles. The van der Waals surface area contributed by atoms with Crippen LogP contribution in [-0.4, -0.2) is 48.1 Å². The molecule has 0 spiro atoms. The van der Waals surface area contributed by atoms with Crippen LogP contribution in [0, 0.1) is 11.8 Å². The normalized spacial score (nSPS) is 14.8. The van der Waals surface area contributed by atoms with E-state index in [1.165, 1.54) is 0 Å². The molecule has 0 aliphatic carbocycles. The Kier molecular flexibility index (Phi) is 4.75. The van der Waals surface area contributed by atoms with Gasteiger partial charge in [0.2, 0.25) is 5.91 Å². The fourth-order valence-electron chi connectivity index (χ4n) is 2.00. The second-order valence-corrected chi connectivity index (χ2v) is 4.47. The van der Waals surface area contributed by atoms with Crippen LogP contribution in [0.3, 0.4) is 0 Å². The molecule has 0 atom stereocenters. The van der Waals surface area contributed by atoms with Crippen molar-refractivity contribution in [1.82, 2.24) is 10.2 Å². The van der Waals surface area contributed by atoms with Gasteiger partial charge in [-0.1, -0.05) is 11.8 Å². The van der Waals surface area contributed by atoms with Crippen molar-refractivity contribution in [2.24, 2.45) is 0 Å². The van der Waals surface area contributed by atoms with Crippen LogP contribution in [0.15, 0.2) is 24.3 Å². The van der Waals surface area contributed by atoms with Gasteiger partial charge in [-0.25, -0.2) is 0 Å². The van der Waals surface area contributed by atoms with E-state index in [1.54, 1.807) is 29.2 Å². The standard InChI is InChI=1S/C15H16N2O3/c18-10-1-3-12-4-6-13(7-5-12)15(20)17-9-2-8-16-14(19)11-17/h4-7,18H,2,8-11H2,(H,16,19). The highest BCUT2D eigenvalue weighted by molar-refractivity contribution is 5.96. The molecule has 1 aromatic carbocycles. The Morgan fingerprint density at radius 3 is 2.80 bits per heavy atom. The summed E-state index contributed by atoms with van der Waals surface area (Å²) in [7, 11) is 0. The van der Waals surface area contributed by atoms with E-state index in [4.69, 9.17) is 5.11 Å². The summed E-state index contributed by atoms with van der Waals surface area (Å²) in [4.78, 5) is 25.3. The number of hydrogen-bond acceptors (Lipinski definition) is 3. The molecule has 0 unspecified atom stereocenters. The number of hydrogen-bond donors (Lipinski definition) is 2. The third-order valence-corrected chi connectivity index (χ3v) is 2.99. The molecule has 1 aliphatic rings. The topological polar surface area (TPSA) is 69.6 Å². The fourth-order valence-corrected chi connectivity index (χ4v) is 2.00.